The molecule has 0 bridgehead atoms. The fourth-order valence-electron chi connectivity index (χ4n) is 5.23. The number of thioether (sulfide) groups is 1. The lowest BCUT2D eigenvalue weighted by Gasteiger charge is -2.30. The Hall–Kier alpha value is -4.07. The van der Waals surface area contributed by atoms with Gasteiger partial charge in [-0.2, -0.15) is 13.2 Å². The van der Waals surface area contributed by atoms with E-state index >= 15 is 0 Å². The van der Waals surface area contributed by atoms with Gasteiger partial charge in [-0.3, -0.25) is 19.2 Å². The number of hydrogen-bond acceptors (Lipinski definition) is 7. The number of amides is 3. The van der Waals surface area contributed by atoms with Gasteiger partial charge in [0.05, 0.1) is 27.9 Å². The quantitative estimate of drug-likeness (QED) is 0.252. The number of ether oxygens (including phenoxy) is 1. The highest BCUT2D eigenvalue weighted by molar-refractivity contribution is 8.00. The number of anilines is 2. The van der Waals surface area contributed by atoms with Crippen LogP contribution in [0.15, 0.2) is 82.6 Å². The molecule has 4 aromatic rings. The number of rotatable bonds is 6. The van der Waals surface area contributed by atoms with E-state index in [4.69, 9.17) is 16.3 Å². The molecule has 0 spiro atoms. The van der Waals surface area contributed by atoms with Crippen LogP contribution in [-0.2, 0) is 20.6 Å². The van der Waals surface area contributed by atoms with E-state index in [1.165, 1.54) is 12.1 Å². The Morgan fingerprint density at radius 2 is 1.67 bits per heavy atom. The van der Waals surface area contributed by atoms with Gasteiger partial charge in [0.1, 0.15) is 11.0 Å². The third kappa shape index (κ3) is 5.43. The summed E-state index contributed by atoms with van der Waals surface area (Å²) in [6.07, 6.45) is -4.67. The lowest BCUT2D eigenvalue weighted by atomic mass is 9.82. The number of para-hydroxylation sites is 2. The molecular weight excluding hydrogens is 627 g/mol. The van der Waals surface area contributed by atoms with Crippen molar-refractivity contribution in [1.82, 2.24) is 4.98 Å². The number of aromatic nitrogens is 1. The number of thiazole rings is 1. The number of alkyl halides is 3. The predicted octanol–water partition coefficient (Wildman–Crippen LogP) is 5.92. The number of carbonyl (C=O) groups excluding carboxylic acids is 3. The SMILES string of the molecule is O=C(COc1ccccc1[C@H]1c2sc(=O)[nH]c2SC2C(=O)N(c3ccc(Cl)cc3)C(=O)C21)Nc1ccccc1C(F)(F)F. The first-order valence-electron chi connectivity index (χ1n) is 12.7. The highest BCUT2D eigenvalue weighted by atomic mass is 35.5. The van der Waals surface area contributed by atoms with Crippen molar-refractivity contribution in [3.05, 3.63) is 103 Å². The van der Waals surface area contributed by atoms with Crippen LogP contribution < -0.4 is 19.8 Å². The molecule has 1 fully saturated rings. The van der Waals surface area contributed by atoms with Gasteiger partial charge in [-0.05, 0) is 42.5 Å². The largest absolute Gasteiger partial charge is 0.483 e. The molecule has 3 heterocycles. The molecule has 8 nitrogen and oxygen atoms in total. The molecule has 0 radical (unpaired) electrons. The Morgan fingerprint density at radius 1 is 0.977 bits per heavy atom. The number of fused-ring (bicyclic) bond motifs is 2. The average Bonchev–Trinajstić information content (AvgIpc) is 3.46. The summed E-state index contributed by atoms with van der Waals surface area (Å²) in [6.45, 7) is -0.640. The number of hydrogen-bond donors (Lipinski definition) is 2. The second-order valence-electron chi connectivity index (χ2n) is 9.66. The van der Waals surface area contributed by atoms with Gasteiger partial charge in [-0.15, -0.1) is 0 Å². The van der Waals surface area contributed by atoms with Crippen LogP contribution in [0.2, 0.25) is 5.02 Å². The maximum Gasteiger partial charge on any atom is 0.418 e. The fraction of sp³-hybridized carbons (Fsp3) is 0.172. The van der Waals surface area contributed by atoms with E-state index in [2.05, 4.69) is 10.3 Å². The number of carbonyl (C=O) groups is 3. The number of aromatic amines is 1. The standard InChI is InChI=1S/C29H19ClF3N3O5S2/c30-14-9-11-15(12-10-14)36-26(38)22-21(23-25(35-28(40)43-23)42-24(22)27(36)39)16-5-1-4-8-19(16)41-13-20(37)34-18-7-3-2-6-17(18)29(31,32)33/h1-12,21-22,24H,13H2,(H,34,37)(H,35,40)/t21-,22?,24?/m1/s1. The van der Waals surface area contributed by atoms with E-state index in [0.29, 0.717) is 26.2 Å². The number of halogens is 4. The van der Waals surface area contributed by atoms with Gasteiger partial charge in [0, 0.05) is 21.4 Å². The van der Waals surface area contributed by atoms with Gasteiger partial charge < -0.3 is 15.0 Å². The van der Waals surface area contributed by atoms with Crippen LogP contribution in [0.1, 0.15) is 21.9 Å². The van der Waals surface area contributed by atoms with Crippen LogP contribution in [0.25, 0.3) is 0 Å². The Morgan fingerprint density at radius 3 is 2.42 bits per heavy atom. The second-order valence-corrected chi connectivity index (χ2v) is 12.3. The van der Waals surface area contributed by atoms with E-state index in [1.807, 2.05) is 0 Å². The maximum absolute atomic E-state index is 13.9. The summed E-state index contributed by atoms with van der Waals surface area (Å²) >= 11 is 8.02. The summed E-state index contributed by atoms with van der Waals surface area (Å²) in [5.41, 5.74) is -0.621. The van der Waals surface area contributed by atoms with Crippen LogP contribution in [-0.4, -0.2) is 34.6 Å². The maximum atomic E-state index is 13.9. The molecule has 3 aromatic carbocycles. The van der Waals surface area contributed by atoms with Crippen molar-refractivity contribution in [2.45, 2.75) is 22.4 Å². The minimum absolute atomic E-state index is 0.175. The molecule has 2 aliphatic heterocycles. The van der Waals surface area contributed by atoms with Gasteiger partial charge >= 0.3 is 11.0 Å². The number of imide groups is 1. The lowest BCUT2D eigenvalue weighted by molar-refractivity contribution is -0.137. The van der Waals surface area contributed by atoms with Crippen molar-refractivity contribution in [3.63, 3.8) is 0 Å². The monoisotopic (exact) mass is 645 g/mol. The van der Waals surface area contributed by atoms with E-state index in [-0.39, 0.29) is 10.6 Å². The molecule has 2 unspecified atom stereocenters. The zero-order valence-electron chi connectivity index (χ0n) is 21.7. The molecule has 3 atom stereocenters. The smallest absolute Gasteiger partial charge is 0.418 e. The number of nitrogens with zero attached hydrogens (tertiary/aromatic N) is 1. The Balaban J connectivity index is 1.32. The number of nitrogens with one attached hydrogen (secondary N) is 2. The summed E-state index contributed by atoms with van der Waals surface area (Å²) in [4.78, 5) is 56.6. The molecule has 43 heavy (non-hydrogen) atoms. The third-order valence-electron chi connectivity index (χ3n) is 7.03. The molecule has 2 aliphatic rings. The van der Waals surface area contributed by atoms with Gasteiger partial charge in [0.2, 0.25) is 11.8 Å². The van der Waals surface area contributed by atoms with Crippen molar-refractivity contribution < 1.29 is 32.3 Å². The van der Waals surface area contributed by atoms with Gasteiger partial charge in [0.25, 0.3) is 5.91 Å². The highest BCUT2D eigenvalue weighted by Crippen LogP contribution is 2.54. The molecule has 1 saturated heterocycles. The Kier molecular flexibility index (Phi) is 7.57. The average molecular weight is 646 g/mol. The normalized spacial score (nSPS) is 19.6. The molecule has 0 aliphatic carbocycles. The van der Waals surface area contributed by atoms with Crippen molar-refractivity contribution in [1.29, 1.82) is 0 Å². The second kappa shape index (κ2) is 11.2. The van der Waals surface area contributed by atoms with Gasteiger partial charge in [-0.1, -0.05) is 65.0 Å². The number of H-pyrrole nitrogens is 1. The molecule has 3 amide bonds. The van der Waals surface area contributed by atoms with Crippen LogP contribution >= 0.6 is 34.7 Å². The van der Waals surface area contributed by atoms with E-state index < -0.39 is 58.8 Å². The minimum atomic E-state index is -4.67. The first kappa shape index (κ1) is 29.0. The van der Waals surface area contributed by atoms with Crippen LogP contribution in [0, 0.1) is 5.92 Å². The fourth-order valence-corrected chi connectivity index (χ4v) is 7.87. The van der Waals surface area contributed by atoms with E-state index in [1.54, 1.807) is 48.5 Å². The molecule has 0 saturated carbocycles. The Labute approximate surface area is 254 Å². The summed E-state index contributed by atoms with van der Waals surface area (Å²) in [6, 6.07) is 17.4. The first-order valence-corrected chi connectivity index (χ1v) is 14.8. The molecule has 6 rings (SSSR count). The predicted molar refractivity (Wildman–Crippen MR) is 156 cm³/mol. The molecule has 220 valence electrons. The van der Waals surface area contributed by atoms with Crippen molar-refractivity contribution >= 4 is 63.8 Å². The van der Waals surface area contributed by atoms with E-state index in [0.717, 1.165) is 40.1 Å². The van der Waals surface area contributed by atoms with Crippen LogP contribution in [0.4, 0.5) is 24.5 Å². The highest BCUT2D eigenvalue weighted by Gasteiger charge is 2.56. The molecule has 2 N–H and O–H groups in total. The summed E-state index contributed by atoms with van der Waals surface area (Å²) in [7, 11) is 0. The zero-order chi connectivity index (χ0) is 30.5. The summed E-state index contributed by atoms with van der Waals surface area (Å²) in [5.74, 6) is -3.29. The molecular formula is C29H19ClF3N3O5S2. The first-order chi connectivity index (χ1) is 20.5. The van der Waals surface area contributed by atoms with Gasteiger partial charge in [-0.25, -0.2) is 4.90 Å². The topological polar surface area (TPSA) is 109 Å². The minimum Gasteiger partial charge on any atom is -0.483 e. The Bertz CT molecular complexity index is 1810. The number of benzene rings is 3. The zero-order valence-corrected chi connectivity index (χ0v) is 24.1. The summed E-state index contributed by atoms with van der Waals surface area (Å²) in [5, 5.41) is 2.27. The molecule has 1 aromatic heterocycles. The van der Waals surface area contributed by atoms with Crippen LogP contribution in [0.3, 0.4) is 0 Å². The van der Waals surface area contributed by atoms with Crippen molar-refractivity contribution in [3.8, 4) is 5.75 Å². The van der Waals surface area contributed by atoms with Crippen LogP contribution in [0.5, 0.6) is 5.75 Å². The van der Waals surface area contributed by atoms with E-state index in [9.17, 15) is 32.3 Å². The third-order valence-corrected chi connectivity index (χ3v) is 9.68. The lowest BCUT2D eigenvalue weighted by Crippen LogP contribution is -2.32. The van der Waals surface area contributed by atoms with Crippen molar-refractivity contribution in [2.75, 3.05) is 16.8 Å². The van der Waals surface area contributed by atoms with Crippen molar-refractivity contribution in [2.24, 2.45) is 5.92 Å². The summed E-state index contributed by atoms with van der Waals surface area (Å²) < 4.78 is 45.9. The molecule has 14 heteroatoms. The van der Waals surface area contributed by atoms with Gasteiger partial charge in [0.15, 0.2) is 6.61 Å².